The van der Waals surface area contributed by atoms with Gasteiger partial charge in [0.1, 0.15) is 5.82 Å². The number of hydrogen-bond donors (Lipinski definition) is 2. The Labute approximate surface area is 145 Å². The molecule has 25 heavy (non-hydrogen) atoms. The van der Waals surface area contributed by atoms with Gasteiger partial charge < -0.3 is 10.2 Å². The highest BCUT2D eigenvalue weighted by Crippen LogP contribution is 2.23. The van der Waals surface area contributed by atoms with Crippen molar-refractivity contribution in [1.82, 2.24) is 19.7 Å². The lowest BCUT2D eigenvalue weighted by Crippen LogP contribution is -2.17. The Morgan fingerprint density at radius 1 is 1.24 bits per heavy atom. The van der Waals surface area contributed by atoms with Crippen molar-refractivity contribution in [2.24, 2.45) is 12.2 Å². The van der Waals surface area contributed by atoms with E-state index in [9.17, 15) is 8.42 Å². The average Bonchev–Trinajstić information content (AvgIpc) is 2.93. The van der Waals surface area contributed by atoms with Gasteiger partial charge in [0.05, 0.1) is 16.5 Å². The summed E-state index contributed by atoms with van der Waals surface area (Å²) in [6.07, 6.45) is 1.67. The average molecular weight is 361 g/mol. The van der Waals surface area contributed by atoms with Gasteiger partial charge >= 0.3 is 0 Å². The molecule has 9 nitrogen and oxygen atoms in total. The van der Waals surface area contributed by atoms with E-state index in [1.807, 2.05) is 14.1 Å². The topological polar surface area (TPSA) is 119 Å². The van der Waals surface area contributed by atoms with Gasteiger partial charge in [0, 0.05) is 27.7 Å². The Morgan fingerprint density at radius 3 is 2.64 bits per heavy atom. The summed E-state index contributed by atoms with van der Waals surface area (Å²) in [7, 11) is 1.69. The van der Waals surface area contributed by atoms with E-state index in [1.165, 1.54) is 6.07 Å². The number of hydrogen-bond acceptors (Lipinski definition) is 7. The van der Waals surface area contributed by atoms with E-state index in [4.69, 9.17) is 5.14 Å². The molecule has 0 aliphatic heterocycles. The fraction of sp³-hybridized carbons (Fsp3) is 0.267. The number of primary sulfonamides is 1. The van der Waals surface area contributed by atoms with Crippen molar-refractivity contribution in [3.63, 3.8) is 0 Å². The van der Waals surface area contributed by atoms with Crippen LogP contribution in [0.25, 0.3) is 11.0 Å². The molecule has 0 unspecified atom stereocenters. The first-order valence-electron chi connectivity index (χ1n) is 7.49. The number of anilines is 2. The zero-order valence-electron chi connectivity index (χ0n) is 14.1. The van der Waals surface area contributed by atoms with E-state index in [2.05, 4.69) is 20.4 Å². The number of nitrogens with two attached hydrogens (primary N) is 1. The number of sulfonamides is 1. The third-order valence-electron chi connectivity index (χ3n) is 3.71. The van der Waals surface area contributed by atoms with Crippen molar-refractivity contribution in [2.45, 2.75) is 11.4 Å². The van der Waals surface area contributed by atoms with E-state index < -0.39 is 10.0 Å². The molecule has 3 aromatic rings. The zero-order valence-corrected chi connectivity index (χ0v) is 14.9. The number of benzene rings is 1. The van der Waals surface area contributed by atoms with Crippen molar-refractivity contribution in [2.75, 3.05) is 24.3 Å². The molecular formula is C15H19N7O2S. The normalized spacial score (nSPS) is 11.7. The van der Waals surface area contributed by atoms with E-state index in [-0.39, 0.29) is 11.4 Å². The maximum atomic E-state index is 11.7. The van der Waals surface area contributed by atoms with Crippen molar-refractivity contribution in [1.29, 1.82) is 0 Å². The highest BCUT2D eigenvalue weighted by Gasteiger charge is 2.15. The monoisotopic (exact) mass is 361 g/mol. The molecule has 3 N–H and O–H groups in total. The molecule has 0 amide bonds. The van der Waals surface area contributed by atoms with Crippen LogP contribution in [0.15, 0.2) is 35.4 Å². The number of nitrogens with zero attached hydrogens (tertiary/aromatic N) is 5. The number of aryl methyl sites for hydroxylation is 1. The van der Waals surface area contributed by atoms with Gasteiger partial charge in [-0.3, -0.25) is 4.68 Å². The van der Waals surface area contributed by atoms with Crippen LogP contribution >= 0.6 is 0 Å². The predicted molar refractivity (Wildman–Crippen MR) is 95.8 cm³/mol. The smallest absolute Gasteiger partial charge is 0.238 e. The molecule has 0 fully saturated rings. The minimum absolute atomic E-state index is 0.0896. The van der Waals surface area contributed by atoms with Crippen LogP contribution in [-0.2, 0) is 23.6 Å². The van der Waals surface area contributed by atoms with Gasteiger partial charge in [-0.2, -0.15) is 15.1 Å². The summed E-state index contributed by atoms with van der Waals surface area (Å²) in [6, 6.07) is 6.59. The summed E-state index contributed by atoms with van der Waals surface area (Å²) < 4.78 is 25.1. The summed E-state index contributed by atoms with van der Waals surface area (Å²) in [4.78, 5) is 10.8. The first-order valence-corrected chi connectivity index (χ1v) is 9.03. The van der Waals surface area contributed by atoms with Gasteiger partial charge in [-0.25, -0.2) is 13.6 Å². The van der Waals surface area contributed by atoms with Crippen LogP contribution in [0, 0.1) is 0 Å². The van der Waals surface area contributed by atoms with Crippen LogP contribution in [0.5, 0.6) is 0 Å². The molecule has 132 valence electrons. The second-order valence-corrected chi connectivity index (χ2v) is 7.31. The van der Waals surface area contributed by atoms with Crippen LogP contribution in [0.4, 0.5) is 11.8 Å². The Balaban J connectivity index is 2.00. The lowest BCUT2D eigenvalue weighted by molar-refractivity contribution is 0.597. The number of nitrogens with one attached hydrogen (secondary N) is 1. The van der Waals surface area contributed by atoms with Gasteiger partial charge in [-0.15, -0.1) is 0 Å². The zero-order chi connectivity index (χ0) is 18.2. The third-order valence-corrected chi connectivity index (χ3v) is 4.72. The summed E-state index contributed by atoms with van der Waals surface area (Å²) >= 11 is 0. The standard InChI is InChI=1S/C15H19N7O2S/c1-21(2)15-19-13(11-9-18-22(3)14(11)20-15)17-8-10-6-4-5-7-12(10)25(16,23)24/h4-7,9H,8H2,1-3H3,(H2,16,23,24)(H,17,19,20). The summed E-state index contributed by atoms with van der Waals surface area (Å²) in [6.45, 7) is 0.250. The quantitative estimate of drug-likeness (QED) is 0.686. The molecule has 0 radical (unpaired) electrons. The van der Waals surface area contributed by atoms with Crippen LogP contribution in [0.1, 0.15) is 5.56 Å². The summed E-state index contributed by atoms with van der Waals surface area (Å²) in [5.41, 5.74) is 1.24. The number of rotatable bonds is 5. The number of fused-ring (bicyclic) bond motifs is 1. The minimum Gasteiger partial charge on any atom is -0.365 e. The fourth-order valence-electron chi connectivity index (χ4n) is 2.45. The van der Waals surface area contributed by atoms with E-state index in [0.717, 1.165) is 5.39 Å². The molecule has 0 aliphatic rings. The molecule has 0 atom stereocenters. The third kappa shape index (κ3) is 3.39. The Hall–Kier alpha value is -2.72. The molecule has 0 saturated heterocycles. The van der Waals surface area contributed by atoms with Crippen molar-refractivity contribution >= 4 is 32.8 Å². The van der Waals surface area contributed by atoms with Crippen LogP contribution < -0.4 is 15.4 Å². The number of aromatic nitrogens is 4. The lowest BCUT2D eigenvalue weighted by Gasteiger charge is -2.14. The maximum absolute atomic E-state index is 11.7. The Morgan fingerprint density at radius 2 is 1.96 bits per heavy atom. The van der Waals surface area contributed by atoms with E-state index >= 15 is 0 Å². The molecule has 0 bridgehead atoms. The second-order valence-electron chi connectivity index (χ2n) is 5.78. The van der Waals surface area contributed by atoms with Crippen molar-refractivity contribution in [3.05, 3.63) is 36.0 Å². The van der Waals surface area contributed by atoms with E-state index in [1.54, 1.807) is 41.0 Å². The van der Waals surface area contributed by atoms with Gasteiger partial charge in [0.15, 0.2) is 5.65 Å². The molecule has 2 heterocycles. The molecule has 0 saturated carbocycles. The molecule has 2 aromatic heterocycles. The lowest BCUT2D eigenvalue weighted by atomic mass is 10.2. The molecular weight excluding hydrogens is 342 g/mol. The van der Waals surface area contributed by atoms with Crippen molar-refractivity contribution < 1.29 is 8.42 Å². The van der Waals surface area contributed by atoms with E-state index in [0.29, 0.717) is 23.0 Å². The SMILES string of the molecule is CN(C)c1nc(NCc2ccccc2S(N)(=O)=O)c2cnn(C)c2n1. The van der Waals surface area contributed by atoms with Gasteiger partial charge in [0.25, 0.3) is 0 Å². The highest BCUT2D eigenvalue weighted by molar-refractivity contribution is 7.89. The van der Waals surface area contributed by atoms with Crippen LogP contribution in [-0.4, -0.2) is 42.3 Å². The van der Waals surface area contributed by atoms with Crippen LogP contribution in [0.3, 0.4) is 0 Å². The molecule has 10 heteroatoms. The highest BCUT2D eigenvalue weighted by atomic mass is 32.2. The van der Waals surface area contributed by atoms with Gasteiger partial charge in [-0.05, 0) is 11.6 Å². The summed E-state index contributed by atoms with van der Waals surface area (Å²) in [5.74, 6) is 1.10. The largest absolute Gasteiger partial charge is 0.365 e. The fourth-order valence-corrected chi connectivity index (χ4v) is 3.23. The minimum atomic E-state index is -3.80. The first kappa shape index (κ1) is 17.1. The van der Waals surface area contributed by atoms with Gasteiger partial charge in [-0.1, -0.05) is 18.2 Å². The first-order chi connectivity index (χ1) is 11.8. The Bertz CT molecular complexity index is 1030. The maximum Gasteiger partial charge on any atom is 0.238 e. The Kier molecular flexibility index (Phi) is 4.31. The molecule has 1 aromatic carbocycles. The second kappa shape index (κ2) is 6.30. The van der Waals surface area contributed by atoms with Crippen LogP contribution in [0.2, 0.25) is 0 Å². The predicted octanol–water partition coefficient (Wildman–Crippen LogP) is 0.689. The molecule has 0 spiro atoms. The molecule has 3 rings (SSSR count). The summed E-state index contributed by atoms with van der Waals surface area (Å²) in [5, 5.41) is 13.4. The van der Waals surface area contributed by atoms with Crippen molar-refractivity contribution in [3.8, 4) is 0 Å². The molecule has 0 aliphatic carbocycles. The van der Waals surface area contributed by atoms with Gasteiger partial charge in [0.2, 0.25) is 16.0 Å².